The Morgan fingerprint density at radius 3 is 3.00 bits per heavy atom. The van der Waals surface area contributed by atoms with Crippen molar-refractivity contribution in [3.05, 3.63) is 24.3 Å². The number of hydrogen-bond donors (Lipinski definition) is 0. The molecule has 70 valence electrons. The standard InChI is InChI=1S/C8H9FN2O2/c1-2-13-8(12)7(9)6-5-10-3-4-11-6/h3-5,7H,2H2,1H3. The van der Waals surface area contributed by atoms with Crippen molar-refractivity contribution in [3.8, 4) is 0 Å². The molecule has 0 saturated carbocycles. The first kappa shape index (κ1) is 9.57. The van der Waals surface area contributed by atoms with Crippen LogP contribution in [0.4, 0.5) is 4.39 Å². The van der Waals surface area contributed by atoms with Gasteiger partial charge in [0.15, 0.2) is 0 Å². The molecule has 0 bridgehead atoms. The van der Waals surface area contributed by atoms with Crippen LogP contribution in [-0.2, 0) is 9.53 Å². The fraction of sp³-hybridized carbons (Fsp3) is 0.375. The van der Waals surface area contributed by atoms with Gasteiger partial charge in [-0.15, -0.1) is 0 Å². The van der Waals surface area contributed by atoms with Crippen LogP contribution in [0.2, 0.25) is 0 Å². The summed E-state index contributed by atoms with van der Waals surface area (Å²) in [7, 11) is 0. The maximum Gasteiger partial charge on any atom is 0.347 e. The third-order valence-corrected chi connectivity index (χ3v) is 1.34. The van der Waals surface area contributed by atoms with E-state index in [1.165, 1.54) is 18.6 Å². The molecule has 0 N–H and O–H groups in total. The molecule has 0 spiro atoms. The summed E-state index contributed by atoms with van der Waals surface area (Å²) in [5.41, 5.74) is -0.0269. The Kier molecular flexibility index (Phi) is 3.31. The molecular formula is C8H9FN2O2. The van der Waals surface area contributed by atoms with Crippen LogP contribution in [-0.4, -0.2) is 22.5 Å². The van der Waals surface area contributed by atoms with Gasteiger partial charge in [-0.25, -0.2) is 9.18 Å². The molecule has 0 amide bonds. The lowest BCUT2D eigenvalue weighted by molar-refractivity contribution is -0.149. The van der Waals surface area contributed by atoms with Gasteiger partial charge >= 0.3 is 5.97 Å². The Morgan fingerprint density at radius 2 is 2.46 bits per heavy atom. The first-order valence-electron chi connectivity index (χ1n) is 3.82. The molecule has 1 rings (SSSR count). The number of carbonyl (C=O) groups is 1. The number of ether oxygens (including phenoxy) is 1. The summed E-state index contributed by atoms with van der Waals surface area (Å²) in [6.07, 6.45) is 2.08. The fourth-order valence-corrected chi connectivity index (χ4v) is 0.778. The second-order valence-corrected chi connectivity index (χ2v) is 2.24. The van der Waals surface area contributed by atoms with E-state index in [-0.39, 0.29) is 12.3 Å². The number of rotatable bonds is 3. The van der Waals surface area contributed by atoms with Crippen molar-refractivity contribution in [3.63, 3.8) is 0 Å². The first-order valence-corrected chi connectivity index (χ1v) is 3.82. The van der Waals surface area contributed by atoms with E-state index < -0.39 is 12.1 Å². The summed E-state index contributed by atoms with van der Waals surface area (Å²) in [6.45, 7) is 1.76. The van der Waals surface area contributed by atoms with Gasteiger partial charge in [-0.05, 0) is 6.92 Å². The lowest BCUT2D eigenvalue weighted by Crippen LogP contribution is -2.13. The largest absolute Gasteiger partial charge is 0.464 e. The highest BCUT2D eigenvalue weighted by Gasteiger charge is 2.22. The van der Waals surface area contributed by atoms with Gasteiger partial charge in [-0.3, -0.25) is 9.97 Å². The number of hydrogen-bond acceptors (Lipinski definition) is 4. The molecule has 0 aliphatic carbocycles. The van der Waals surface area contributed by atoms with Gasteiger partial charge in [0.1, 0.15) is 5.69 Å². The van der Waals surface area contributed by atoms with Crippen molar-refractivity contribution in [1.29, 1.82) is 0 Å². The first-order chi connectivity index (χ1) is 6.25. The van der Waals surface area contributed by atoms with Gasteiger partial charge in [0.2, 0.25) is 6.17 Å². The topological polar surface area (TPSA) is 52.1 Å². The summed E-state index contributed by atoms with van der Waals surface area (Å²) in [6, 6.07) is 0. The lowest BCUT2D eigenvalue weighted by atomic mass is 10.3. The predicted octanol–water partition coefficient (Wildman–Crippen LogP) is 1.05. The van der Waals surface area contributed by atoms with Crippen LogP contribution in [0.15, 0.2) is 18.6 Å². The zero-order chi connectivity index (χ0) is 9.68. The van der Waals surface area contributed by atoms with Gasteiger partial charge in [-0.1, -0.05) is 0 Å². The SMILES string of the molecule is CCOC(=O)C(F)c1cnccn1. The van der Waals surface area contributed by atoms with E-state index >= 15 is 0 Å². The fourth-order valence-electron chi connectivity index (χ4n) is 0.778. The number of esters is 1. The molecule has 0 aromatic carbocycles. The second-order valence-electron chi connectivity index (χ2n) is 2.24. The van der Waals surface area contributed by atoms with Crippen molar-refractivity contribution < 1.29 is 13.9 Å². The molecular weight excluding hydrogens is 175 g/mol. The minimum absolute atomic E-state index is 0.0269. The highest BCUT2D eigenvalue weighted by Crippen LogP contribution is 2.14. The molecule has 1 unspecified atom stereocenters. The number of carbonyl (C=O) groups excluding carboxylic acids is 1. The Labute approximate surface area is 74.8 Å². The van der Waals surface area contributed by atoms with Crippen molar-refractivity contribution >= 4 is 5.97 Å². The maximum atomic E-state index is 13.1. The number of alkyl halides is 1. The molecule has 4 nitrogen and oxygen atoms in total. The van der Waals surface area contributed by atoms with Crippen LogP contribution in [0.5, 0.6) is 0 Å². The minimum atomic E-state index is -1.84. The van der Waals surface area contributed by atoms with E-state index in [2.05, 4.69) is 14.7 Å². The van der Waals surface area contributed by atoms with E-state index in [9.17, 15) is 9.18 Å². The molecule has 0 saturated heterocycles. The molecule has 1 heterocycles. The molecule has 1 aromatic heterocycles. The highest BCUT2D eigenvalue weighted by molar-refractivity contribution is 5.75. The molecule has 0 aliphatic rings. The second kappa shape index (κ2) is 4.49. The highest BCUT2D eigenvalue weighted by atomic mass is 19.1. The number of aromatic nitrogens is 2. The van der Waals surface area contributed by atoms with Crippen LogP contribution >= 0.6 is 0 Å². The van der Waals surface area contributed by atoms with E-state index in [0.717, 1.165) is 0 Å². The van der Waals surface area contributed by atoms with Crippen molar-refractivity contribution in [2.24, 2.45) is 0 Å². The van der Waals surface area contributed by atoms with Crippen molar-refractivity contribution in [1.82, 2.24) is 9.97 Å². The maximum absolute atomic E-state index is 13.1. The lowest BCUT2D eigenvalue weighted by Gasteiger charge is -2.05. The molecule has 13 heavy (non-hydrogen) atoms. The Hall–Kier alpha value is -1.52. The predicted molar refractivity (Wildman–Crippen MR) is 42.5 cm³/mol. The van der Waals surface area contributed by atoms with Crippen LogP contribution in [0.1, 0.15) is 18.8 Å². The van der Waals surface area contributed by atoms with E-state index in [1.807, 2.05) is 0 Å². The molecule has 1 aromatic rings. The molecule has 0 fully saturated rings. The van der Waals surface area contributed by atoms with Crippen LogP contribution < -0.4 is 0 Å². The summed E-state index contributed by atoms with van der Waals surface area (Å²) >= 11 is 0. The Morgan fingerprint density at radius 1 is 1.69 bits per heavy atom. The third-order valence-electron chi connectivity index (χ3n) is 1.34. The van der Waals surface area contributed by atoms with Gasteiger partial charge in [0.05, 0.1) is 12.8 Å². The quantitative estimate of drug-likeness (QED) is 0.659. The van der Waals surface area contributed by atoms with E-state index in [4.69, 9.17) is 0 Å². The van der Waals surface area contributed by atoms with Crippen LogP contribution in [0.25, 0.3) is 0 Å². The van der Waals surface area contributed by atoms with E-state index in [0.29, 0.717) is 0 Å². The monoisotopic (exact) mass is 184 g/mol. The van der Waals surface area contributed by atoms with Gasteiger partial charge in [-0.2, -0.15) is 0 Å². The number of nitrogens with zero attached hydrogens (tertiary/aromatic N) is 2. The zero-order valence-electron chi connectivity index (χ0n) is 7.11. The van der Waals surface area contributed by atoms with Gasteiger partial charge < -0.3 is 4.74 Å². The summed E-state index contributed by atoms with van der Waals surface area (Å²) in [4.78, 5) is 18.2. The average molecular weight is 184 g/mol. The zero-order valence-corrected chi connectivity index (χ0v) is 7.11. The van der Waals surface area contributed by atoms with Crippen LogP contribution in [0.3, 0.4) is 0 Å². The normalized spacial score (nSPS) is 12.2. The average Bonchev–Trinajstić information content (AvgIpc) is 2.18. The third kappa shape index (κ3) is 2.47. The Bertz CT molecular complexity index is 279. The van der Waals surface area contributed by atoms with Gasteiger partial charge in [0.25, 0.3) is 0 Å². The van der Waals surface area contributed by atoms with E-state index in [1.54, 1.807) is 6.92 Å². The van der Waals surface area contributed by atoms with Crippen molar-refractivity contribution in [2.75, 3.05) is 6.61 Å². The van der Waals surface area contributed by atoms with Crippen LogP contribution in [0, 0.1) is 0 Å². The summed E-state index contributed by atoms with van der Waals surface area (Å²) in [5, 5.41) is 0. The number of halogens is 1. The smallest absolute Gasteiger partial charge is 0.347 e. The minimum Gasteiger partial charge on any atom is -0.464 e. The summed E-state index contributed by atoms with van der Waals surface area (Å²) in [5.74, 6) is -0.928. The molecule has 0 radical (unpaired) electrons. The molecule has 1 atom stereocenters. The molecule has 0 aliphatic heterocycles. The van der Waals surface area contributed by atoms with Gasteiger partial charge in [0, 0.05) is 12.4 Å². The summed E-state index contributed by atoms with van der Waals surface area (Å²) < 4.78 is 17.6. The van der Waals surface area contributed by atoms with Crippen molar-refractivity contribution in [2.45, 2.75) is 13.1 Å². The Balaban J connectivity index is 2.68. The molecule has 5 heteroatoms.